The predicted molar refractivity (Wildman–Crippen MR) is 40.2 cm³/mol. The van der Waals surface area contributed by atoms with Crippen molar-refractivity contribution in [2.75, 3.05) is 6.54 Å². The van der Waals surface area contributed by atoms with E-state index < -0.39 is 11.6 Å². The van der Waals surface area contributed by atoms with Crippen molar-refractivity contribution in [2.45, 2.75) is 5.66 Å². The maximum atomic E-state index is 10.6. The van der Waals surface area contributed by atoms with E-state index in [1.54, 1.807) is 6.08 Å². The first-order valence-corrected chi connectivity index (χ1v) is 3.13. The Hall–Kier alpha value is -1.36. The number of nitrogens with two attached hydrogens (primary N) is 1. The molecule has 0 amide bonds. The van der Waals surface area contributed by atoms with E-state index in [-0.39, 0.29) is 6.54 Å². The third kappa shape index (κ3) is 1.22. The second kappa shape index (κ2) is 2.71. The number of carbonyl (C=O) groups is 1. The number of hydrogen-bond donors (Lipinski definition) is 3. The fraction of sp³-hybridized carbons (Fsp3) is 0.333. The molecule has 5 nitrogen and oxygen atoms in total. The number of aliphatic carboxylic acids is 1. The van der Waals surface area contributed by atoms with Crippen molar-refractivity contribution in [3.05, 3.63) is 12.3 Å². The number of nitrogens with one attached hydrogen (secondary N) is 1. The molecule has 5 heteroatoms. The molecule has 0 radical (unpaired) electrons. The lowest BCUT2D eigenvalue weighted by molar-refractivity contribution is -0.143. The summed E-state index contributed by atoms with van der Waals surface area (Å²) in [6, 6.07) is 0. The van der Waals surface area contributed by atoms with E-state index in [4.69, 9.17) is 10.8 Å². The molecule has 60 valence electrons. The highest BCUT2D eigenvalue weighted by Crippen LogP contribution is 2.07. The summed E-state index contributed by atoms with van der Waals surface area (Å²) < 4.78 is 0. The van der Waals surface area contributed by atoms with E-state index >= 15 is 0 Å². The maximum Gasteiger partial charge on any atom is 0.353 e. The number of carboxylic acids is 1. The summed E-state index contributed by atoms with van der Waals surface area (Å²) >= 11 is 0. The van der Waals surface area contributed by atoms with E-state index in [2.05, 4.69) is 10.3 Å². The Morgan fingerprint density at radius 2 is 2.55 bits per heavy atom. The molecular formula is C6H9N3O2. The fourth-order valence-corrected chi connectivity index (χ4v) is 0.752. The van der Waals surface area contributed by atoms with Gasteiger partial charge < -0.3 is 16.2 Å². The molecule has 1 aliphatic rings. The highest BCUT2D eigenvalue weighted by atomic mass is 16.4. The molecule has 1 atom stereocenters. The minimum absolute atomic E-state index is 0.0663. The van der Waals surface area contributed by atoms with Gasteiger partial charge in [0.2, 0.25) is 5.66 Å². The lowest BCUT2D eigenvalue weighted by Gasteiger charge is -2.25. The summed E-state index contributed by atoms with van der Waals surface area (Å²) in [6.45, 7) is -0.0663. The Kier molecular flexibility index (Phi) is 1.91. The van der Waals surface area contributed by atoms with Gasteiger partial charge in [-0.3, -0.25) is 4.99 Å². The number of nitrogens with zero attached hydrogens (tertiary/aromatic N) is 1. The van der Waals surface area contributed by atoms with Crippen LogP contribution in [0.1, 0.15) is 0 Å². The highest BCUT2D eigenvalue weighted by Gasteiger charge is 2.35. The van der Waals surface area contributed by atoms with Crippen molar-refractivity contribution in [1.82, 2.24) is 5.32 Å². The summed E-state index contributed by atoms with van der Waals surface area (Å²) in [5.41, 5.74) is 3.90. The molecule has 0 fully saturated rings. The zero-order valence-electron chi connectivity index (χ0n) is 5.82. The van der Waals surface area contributed by atoms with Crippen LogP contribution in [0.3, 0.4) is 0 Å². The average molecular weight is 155 g/mol. The molecule has 1 unspecified atom stereocenters. The summed E-state index contributed by atoms with van der Waals surface area (Å²) in [4.78, 5) is 14.3. The molecule has 1 heterocycles. The smallest absolute Gasteiger partial charge is 0.353 e. The molecule has 1 rings (SSSR count). The van der Waals surface area contributed by atoms with Crippen molar-refractivity contribution in [1.29, 1.82) is 0 Å². The molecule has 0 saturated heterocycles. The molecule has 0 aromatic carbocycles. The van der Waals surface area contributed by atoms with Gasteiger partial charge in [0.05, 0.1) is 0 Å². The van der Waals surface area contributed by atoms with Gasteiger partial charge in [0.25, 0.3) is 0 Å². The number of hydrogen-bond acceptors (Lipinski definition) is 4. The lowest BCUT2D eigenvalue weighted by atomic mass is 10.1. The van der Waals surface area contributed by atoms with Crippen LogP contribution in [0.2, 0.25) is 0 Å². The van der Waals surface area contributed by atoms with E-state index in [9.17, 15) is 4.79 Å². The first-order chi connectivity index (χ1) is 5.21. The lowest BCUT2D eigenvalue weighted by Crippen LogP contribution is -2.54. The Bertz CT molecular complexity index is 224. The summed E-state index contributed by atoms with van der Waals surface area (Å²) in [5, 5.41) is 11.3. The zero-order chi connectivity index (χ0) is 8.32. The van der Waals surface area contributed by atoms with Crippen molar-refractivity contribution < 1.29 is 9.90 Å². The van der Waals surface area contributed by atoms with E-state index in [0.717, 1.165) is 0 Å². The van der Waals surface area contributed by atoms with Crippen molar-refractivity contribution >= 4 is 12.2 Å². The Labute approximate surface area is 63.6 Å². The number of aliphatic imine (C=N–C) groups is 1. The first kappa shape index (κ1) is 7.74. The number of carboxylic acid groups (broad SMARTS) is 1. The van der Waals surface area contributed by atoms with Crippen LogP contribution in [-0.4, -0.2) is 29.5 Å². The molecule has 4 N–H and O–H groups in total. The van der Waals surface area contributed by atoms with Crippen LogP contribution in [-0.2, 0) is 4.79 Å². The molecule has 0 aromatic rings. The molecule has 1 aliphatic heterocycles. The third-order valence-electron chi connectivity index (χ3n) is 1.45. The van der Waals surface area contributed by atoms with E-state index in [1.165, 1.54) is 12.4 Å². The molecular weight excluding hydrogens is 146 g/mol. The van der Waals surface area contributed by atoms with Gasteiger partial charge in [-0.25, -0.2) is 4.79 Å². The first-order valence-electron chi connectivity index (χ1n) is 3.13. The van der Waals surface area contributed by atoms with Gasteiger partial charge in [-0.2, -0.15) is 0 Å². The Balaban J connectivity index is 2.85. The van der Waals surface area contributed by atoms with Crippen LogP contribution in [0.15, 0.2) is 17.3 Å². The quantitative estimate of drug-likeness (QED) is 0.473. The van der Waals surface area contributed by atoms with Crippen LogP contribution >= 0.6 is 0 Å². The molecule has 0 spiro atoms. The van der Waals surface area contributed by atoms with E-state index in [0.29, 0.717) is 0 Å². The largest absolute Gasteiger partial charge is 0.478 e. The molecule has 0 bridgehead atoms. The van der Waals surface area contributed by atoms with Crippen molar-refractivity contribution in [3.63, 3.8) is 0 Å². The average Bonchev–Trinajstić information content (AvgIpc) is 2.05. The van der Waals surface area contributed by atoms with Crippen molar-refractivity contribution in [3.8, 4) is 0 Å². The molecule has 11 heavy (non-hydrogen) atoms. The maximum absolute atomic E-state index is 10.6. The second-order valence-corrected chi connectivity index (χ2v) is 2.15. The van der Waals surface area contributed by atoms with Gasteiger partial charge in [0, 0.05) is 19.0 Å². The van der Waals surface area contributed by atoms with Gasteiger partial charge in [0.15, 0.2) is 0 Å². The Morgan fingerprint density at radius 3 is 2.82 bits per heavy atom. The van der Waals surface area contributed by atoms with Gasteiger partial charge in [-0.1, -0.05) is 0 Å². The summed E-state index contributed by atoms with van der Waals surface area (Å²) in [5.74, 6) is -1.07. The predicted octanol–water partition coefficient (Wildman–Crippen LogP) is -1.09. The minimum atomic E-state index is -1.35. The molecule has 0 aromatic heterocycles. The third-order valence-corrected chi connectivity index (χ3v) is 1.45. The van der Waals surface area contributed by atoms with Crippen LogP contribution in [0.25, 0.3) is 0 Å². The standard InChI is InChI=1S/C6H9N3O2/c7-4-6(5(10)11)8-2-1-3-9-6/h1-3,8H,4,7H2,(H,10,11). The Morgan fingerprint density at radius 1 is 1.82 bits per heavy atom. The number of allylic oxidation sites excluding steroid dienone is 1. The summed E-state index contributed by atoms with van der Waals surface area (Å²) in [7, 11) is 0. The monoisotopic (exact) mass is 155 g/mol. The normalized spacial score (nSPS) is 28.1. The topological polar surface area (TPSA) is 87.7 Å². The minimum Gasteiger partial charge on any atom is -0.478 e. The summed E-state index contributed by atoms with van der Waals surface area (Å²) in [6.07, 6.45) is 4.53. The van der Waals surface area contributed by atoms with Crippen molar-refractivity contribution in [2.24, 2.45) is 10.7 Å². The van der Waals surface area contributed by atoms with E-state index in [1.807, 2.05) is 0 Å². The van der Waals surface area contributed by atoms with Gasteiger partial charge in [-0.15, -0.1) is 0 Å². The second-order valence-electron chi connectivity index (χ2n) is 2.15. The molecule has 0 saturated carbocycles. The highest BCUT2D eigenvalue weighted by molar-refractivity contribution is 5.84. The van der Waals surface area contributed by atoms with Crippen LogP contribution in [0.4, 0.5) is 0 Å². The van der Waals surface area contributed by atoms with Crippen LogP contribution < -0.4 is 11.1 Å². The zero-order valence-corrected chi connectivity index (χ0v) is 5.82. The molecule has 0 aliphatic carbocycles. The van der Waals surface area contributed by atoms with Gasteiger partial charge in [0.1, 0.15) is 0 Å². The van der Waals surface area contributed by atoms with Gasteiger partial charge >= 0.3 is 5.97 Å². The van der Waals surface area contributed by atoms with Crippen LogP contribution in [0.5, 0.6) is 0 Å². The van der Waals surface area contributed by atoms with Gasteiger partial charge in [-0.05, 0) is 6.08 Å². The number of rotatable bonds is 2. The van der Waals surface area contributed by atoms with Crippen LogP contribution in [0, 0.1) is 0 Å². The SMILES string of the molecule is NCC1(C(=O)O)N=CC=CN1. The fourth-order valence-electron chi connectivity index (χ4n) is 0.752.